The Labute approximate surface area is 156 Å². The number of hydrogen-bond acceptors (Lipinski definition) is 9. The molecule has 0 spiro atoms. The van der Waals surface area contributed by atoms with Crippen LogP contribution in [0.5, 0.6) is 0 Å². The van der Waals surface area contributed by atoms with Gasteiger partial charge in [-0.25, -0.2) is 0 Å². The second-order valence-electron chi connectivity index (χ2n) is 6.56. The lowest BCUT2D eigenvalue weighted by Crippen LogP contribution is -2.65. The summed E-state index contributed by atoms with van der Waals surface area (Å²) in [4.78, 5) is 48.9. The number of piperidine rings is 1. The lowest BCUT2D eigenvalue weighted by molar-refractivity contribution is -0.287. The topological polar surface area (TPSA) is 129 Å². The van der Waals surface area contributed by atoms with Gasteiger partial charge in [-0.3, -0.25) is 19.2 Å². The standard InChI is InChI=1S/C17H25NO9/c1-9(19)24-12-13(25-10(2)20)15(26-11(3)21)17(23)27-14(12)16(22)18-7-5-4-6-8-18/h12-15,17,23H,4-8H2,1-3H3/t12-,13-,14-,15+,17?/m0/s1. The number of carbonyl (C=O) groups is 4. The van der Waals surface area contributed by atoms with Crippen LogP contribution in [0.2, 0.25) is 0 Å². The molecule has 0 radical (unpaired) electrons. The molecule has 0 saturated carbocycles. The van der Waals surface area contributed by atoms with Crippen molar-refractivity contribution in [3.63, 3.8) is 0 Å². The van der Waals surface area contributed by atoms with Crippen LogP contribution < -0.4 is 0 Å². The van der Waals surface area contributed by atoms with E-state index in [9.17, 15) is 24.3 Å². The average molecular weight is 387 g/mol. The molecule has 5 atom stereocenters. The Morgan fingerprint density at radius 2 is 1.30 bits per heavy atom. The van der Waals surface area contributed by atoms with Crippen molar-refractivity contribution < 1.29 is 43.2 Å². The highest BCUT2D eigenvalue weighted by molar-refractivity contribution is 5.82. The van der Waals surface area contributed by atoms with Crippen LogP contribution >= 0.6 is 0 Å². The number of aliphatic hydroxyl groups excluding tert-OH is 1. The summed E-state index contributed by atoms with van der Waals surface area (Å²) in [7, 11) is 0. The minimum Gasteiger partial charge on any atom is -0.455 e. The van der Waals surface area contributed by atoms with Crippen LogP contribution in [0.25, 0.3) is 0 Å². The lowest BCUT2D eigenvalue weighted by Gasteiger charge is -2.43. The summed E-state index contributed by atoms with van der Waals surface area (Å²) in [6.07, 6.45) is -4.68. The third-order valence-electron chi connectivity index (χ3n) is 4.33. The van der Waals surface area contributed by atoms with Gasteiger partial charge in [-0.2, -0.15) is 0 Å². The summed E-state index contributed by atoms with van der Waals surface area (Å²) in [5.74, 6) is -2.75. The third-order valence-corrected chi connectivity index (χ3v) is 4.33. The molecule has 10 heteroatoms. The van der Waals surface area contributed by atoms with Crippen LogP contribution in [0, 0.1) is 0 Å². The zero-order chi connectivity index (χ0) is 20.1. The molecule has 2 aliphatic rings. The monoisotopic (exact) mass is 387 g/mol. The van der Waals surface area contributed by atoms with Crippen molar-refractivity contribution in [3.8, 4) is 0 Å². The van der Waals surface area contributed by atoms with Crippen molar-refractivity contribution in [2.24, 2.45) is 0 Å². The van der Waals surface area contributed by atoms with Crippen molar-refractivity contribution in [2.75, 3.05) is 13.1 Å². The van der Waals surface area contributed by atoms with Crippen LogP contribution in [0.4, 0.5) is 0 Å². The maximum Gasteiger partial charge on any atom is 0.303 e. The lowest BCUT2D eigenvalue weighted by atomic mass is 9.96. The number of nitrogens with zero attached hydrogens (tertiary/aromatic N) is 1. The van der Waals surface area contributed by atoms with Gasteiger partial charge in [0.05, 0.1) is 0 Å². The summed E-state index contributed by atoms with van der Waals surface area (Å²) < 4.78 is 20.7. The summed E-state index contributed by atoms with van der Waals surface area (Å²) in [5, 5.41) is 10.3. The second-order valence-corrected chi connectivity index (χ2v) is 6.56. The quantitative estimate of drug-likeness (QED) is 0.502. The number of ether oxygens (including phenoxy) is 4. The molecule has 27 heavy (non-hydrogen) atoms. The van der Waals surface area contributed by atoms with E-state index in [4.69, 9.17) is 18.9 Å². The zero-order valence-corrected chi connectivity index (χ0v) is 15.6. The molecule has 0 aromatic carbocycles. The maximum atomic E-state index is 12.9. The number of likely N-dealkylation sites (tertiary alicyclic amines) is 1. The van der Waals surface area contributed by atoms with Crippen molar-refractivity contribution >= 4 is 23.8 Å². The van der Waals surface area contributed by atoms with Gasteiger partial charge in [0.1, 0.15) is 0 Å². The molecule has 0 bridgehead atoms. The van der Waals surface area contributed by atoms with E-state index in [1.807, 2.05) is 0 Å². The maximum absolute atomic E-state index is 12.9. The number of carbonyl (C=O) groups excluding carboxylic acids is 4. The fraction of sp³-hybridized carbons (Fsp3) is 0.765. The first-order valence-electron chi connectivity index (χ1n) is 8.84. The Kier molecular flexibility index (Phi) is 7.14. The Balaban J connectivity index is 2.33. The highest BCUT2D eigenvalue weighted by Crippen LogP contribution is 2.29. The van der Waals surface area contributed by atoms with Crippen LogP contribution in [0.15, 0.2) is 0 Å². The first kappa shape index (κ1) is 21.1. The van der Waals surface area contributed by atoms with Gasteiger partial charge < -0.3 is 29.0 Å². The Bertz CT molecular complexity index is 587. The molecule has 2 rings (SSSR count). The Hall–Kier alpha value is -2.20. The highest BCUT2D eigenvalue weighted by atomic mass is 16.7. The summed E-state index contributed by atoms with van der Waals surface area (Å²) in [6, 6.07) is 0. The van der Waals surface area contributed by atoms with Gasteiger partial charge in [0, 0.05) is 33.9 Å². The molecule has 152 valence electrons. The molecule has 1 N–H and O–H groups in total. The zero-order valence-electron chi connectivity index (χ0n) is 15.6. The third kappa shape index (κ3) is 5.39. The fourth-order valence-corrected chi connectivity index (χ4v) is 3.28. The van der Waals surface area contributed by atoms with Gasteiger partial charge in [0.15, 0.2) is 30.7 Å². The molecule has 0 aromatic rings. The average Bonchev–Trinajstić information content (AvgIpc) is 2.59. The Morgan fingerprint density at radius 1 is 0.815 bits per heavy atom. The molecular weight excluding hydrogens is 362 g/mol. The second kappa shape index (κ2) is 9.14. The van der Waals surface area contributed by atoms with Gasteiger partial charge in [0.2, 0.25) is 0 Å². The summed E-state index contributed by atoms with van der Waals surface area (Å²) >= 11 is 0. The summed E-state index contributed by atoms with van der Waals surface area (Å²) in [5.41, 5.74) is 0. The summed E-state index contributed by atoms with van der Waals surface area (Å²) in [6.45, 7) is 4.35. The van der Waals surface area contributed by atoms with Gasteiger partial charge in [-0.05, 0) is 19.3 Å². The highest BCUT2D eigenvalue weighted by Gasteiger charge is 2.54. The number of amides is 1. The van der Waals surface area contributed by atoms with Crippen molar-refractivity contribution in [2.45, 2.75) is 70.7 Å². The SMILES string of the molecule is CC(=O)O[C@H]1[C@H](OC(C)=O)[C@@H](OC(C)=O)C(O)O[C@@H]1C(=O)N1CCCCC1. The van der Waals surface area contributed by atoms with Crippen molar-refractivity contribution in [1.29, 1.82) is 0 Å². The van der Waals surface area contributed by atoms with Gasteiger partial charge in [-0.15, -0.1) is 0 Å². The largest absolute Gasteiger partial charge is 0.455 e. The molecule has 2 heterocycles. The normalized spacial score (nSPS) is 31.0. The van der Waals surface area contributed by atoms with E-state index in [0.29, 0.717) is 13.1 Å². The molecule has 1 unspecified atom stereocenters. The van der Waals surface area contributed by atoms with Crippen LogP contribution in [0.3, 0.4) is 0 Å². The molecule has 2 saturated heterocycles. The predicted molar refractivity (Wildman–Crippen MR) is 88.0 cm³/mol. The van der Waals surface area contributed by atoms with E-state index in [1.165, 1.54) is 0 Å². The van der Waals surface area contributed by atoms with E-state index in [2.05, 4.69) is 0 Å². The smallest absolute Gasteiger partial charge is 0.303 e. The molecular formula is C17H25NO9. The van der Waals surface area contributed by atoms with Crippen molar-refractivity contribution in [3.05, 3.63) is 0 Å². The Morgan fingerprint density at radius 3 is 1.81 bits per heavy atom. The minimum atomic E-state index is -1.73. The van der Waals surface area contributed by atoms with Crippen LogP contribution in [0.1, 0.15) is 40.0 Å². The number of esters is 3. The van der Waals surface area contributed by atoms with Crippen LogP contribution in [-0.4, -0.2) is 77.6 Å². The van der Waals surface area contributed by atoms with E-state index in [0.717, 1.165) is 40.0 Å². The van der Waals surface area contributed by atoms with Gasteiger partial charge in [0.25, 0.3) is 5.91 Å². The van der Waals surface area contributed by atoms with Crippen LogP contribution in [-0.2, 0) is 38.1 Å². The molecule has 1 amide bonds. The molecule has 10 nitrogen and oxygen atoms in total. The predicted octanol–water partition coefficient (Wildman–Crippen LogP) is -0.489. The van der Waals surface area contributed by atoms with Gasteiger partial charge >= 0.3 is 17.9 Å². The minimum absolute atomic E-state index is 0.488. The fourth-order valence-electron chi connectivity index (χ4n) is 3.28. The molecule has 2 fully saturated rings. The number of hydrogen-bond donors (Lipinski definition) is 1. The molecule has 0 aromatic heterocycles. The van der Waals surface area contributed by atoms with E-state index >= 15 is 0 Å². The van der Waals surface area contributed by atoms with Crippen molar-refractivity contribution in [1.82, 2.24) is 4.90 Å². The van der Waals surface area contributed by atoms with Gasteiger partial charge in [-0.1, -0.05) is 0 Å². The number of aliphatic hydroxyl groups is 1. The first-order chi connectivity index (χ1) is 12.7. The van der Waals surface area contributed by atoms with E-state index in [-0.39, 0.29) is 0 Å². The molecule has 0 aliphatic carbocycles. The number of rotatable bonds is 4. The molecule has 2 aliphatic heterocycles. The first-order valence-corrected chi connectivity index (χ1v) is 8.84. The van der Waals surface area contributed by atoms with E-state index in [1.54, 1.807) is 4.90 Å². The van der Waals surface area contributed by atoms with E-state index < -0.39 is 54.5 Å².